The van der Waals surface area contributed by atoms with Crippen LogP contribution in [0.4, 0.5) is 20.2 Å². The number of nitrogens with one attached hydrogen (secondary N) is 2. The van der Waals surface area contributed by atoms with Gasteiger partial charge in [0.25, 0.3) is 0 Å². The first kappa shape index (κ1) is 27.4. The molecule has 0 spiro atoms. The van der Waals surface area contributed by atoms with Crippen molar-refractivity contribution < 1.29 is 8.78 Å². The Morgan fingerprint density at radius 3 is 2.51 bits per heavy atom. The van der Waals surface area contributed by atoms with Crippen molar-refractivity contribution in [3.8, 4) is 12.1 Å². The van der Waals surface area contributed by atoms with Crippen molar-refractivity contribution in [2.45, 2.75) is 46.7 Å². The van der Waals surface area contributed by atoms with Gasteiger partial charge >= 0.3 is 0 Å². The van der Waals surface area contributed by atoms with Crippen LogP contribution >= 0.6 is 0 Å². The lowest BCUT2D eigenvalue weighted by Gasteiger charge is -2.23. The summed E-state index contributed by atoms with van der Waals surface area (Å²) in [5, 5.41) is 35.4. The third kappa shape index (κ3) is 5.93. The minimum absolute atomic E-state index is 0.0724. The Hall–Kier alpha value is -4.64. The van der Waals surface area contributed by atoms with E-state index in [0.717, 1.165) is 0 Å². The van der Waals surface area contributed by atoms with Gasteiger partial charge in [-0.1, -0.05) is 32.1 Å². The number of rotatable bonds is 8. The number of hydrogen-bond acceptors (Lipinski definition) is 8. The van der Waals surface area contributed by atoms with Crippen molar-refractivity contribution >= 4 is 22.3 Å². The van der Waals surface area contributed by atoms with Crippen LogP contribution in [0, 0.1) is 40.9 Å². The summed E-state index contributed by atoms with van der Waals surface area (Å²) in [6.07, 6.45) is 3.09. The topological polar surface area (TPSA) is 128 Å². The predicted octanol–water partition coefficient (Wildman–Crippen LogP) is 5.60. The van der Waals surface area contributed by atoms with Crippen LogP contribution < -0.4 is 10.6 Å². The Labute approximate surface area is 225 Å². The number of aromatic nitrogens is 5. The number of nitrogens with zero attached hydrogens (tertiary/aromatic N) is 7. The van der Waals surface area contributed by atoms with Crippen molar-refractivity contribution in [2.24, 2.45) is 5.41 Å². The van der Waals surface area contributed by atoms with Crippen LogP contribution in [0.25, 0.3) is 10.9 Å². The van der Waals surface area contributed by atoms with Gasteiger partial charge in [0.15, 0.2) is 0 Å². The molecule has 2 atom stereocenters. The fraction of sp³-hybridized carbons (Fsp3) is 0.357. The summed E-state index contributed by atoms with van der Waals surface area (Å²) >= 11 is 0. The zero-order valence-corrected chi connectivity index (χ0v) is 22.4. The zero-order valence-electron chi connectivity index (χ0n) is 22.4. The van der Waals surface area contributed by atoms with Gasteiger partial charge in [-0.05, 0) is 37.5 Å². The first-order chi connectivity index (χ1) is 18.5. The van der Waals surface area contributed by atoms with Gasteiger partial charge in [0.2, 0.25) is 5.95 Å². The van der Waals surface area contributed by atoms with Crippen LogP contribution in [-0.4, -0.2) is 38.2 Å². The summed E-state index contributed by atoms with van der Waals surface area (Å²) in [5.74, 6) is -0.619. The number of hydrogen-bond donors (Lipinski definition) is 2. The first-order valence-electron chi connectivity index (χ1n) is 12.4. The fourth-order valence-corrected chi connectivity index (χ4v) is 4.13. The smallest absolute Gasteiger partial charge is 0.213 e. The van der Waals surface area contributed by atoms with Gasteiger partial charge in [-0.3, -0.25) is 4.98 Å². The number of nitriles is 2. The quantitative estimate of drug-likeness (QED) is 0.282. The summed E-state index contributed by atoms with van der Waals surface area (Å²) in [6, 6.07) is 9.53. The van der Waals surface area contributed by atoms with Gasteiger partial charge in [0.1, 0.15) is 24.5 Å². The third-order valence-electron chi connectivity index (χ3n) is 6.22. The van der Waals surface area contributed by atoms with E-state index in [1.54, 1.807) is 32.2 Å². The summed E-state index contributed by atoms with van der Waals surface area (Å²) in [4.78, 5) is 8.35. The molecule has 4 rings (SSSR count). The van der Waals surface area contributed by atoms with Crippen molar-refractivity contribution in [1.29, 1.82) is 10.5 Å². The van der Waals surface area contributed by atoms with E-state index in [9.17, 15) is 19.3 Å². The molecule has 3 heterocycles. The minimum Gasteiger partial charge on any atom is -0.383 e. The SMILES string of the molecule is Cc1nc(F)ccc1[C@H](Nc1cc(C#N)c2ncc(C#N)c(NCC(C)(C)C)c2c1)c1cn(C(C)CF)nn1. The number of benzene rings is 1. The number of fused-ring (bicyclic) bond motifs is 1. The van der Waals surface area contributed by atoms with E-state index in [1.165, 1.54) is 16.9 Å². The van der Waals surface area contributed by atoms with Crippen LogP contribution in [-0.2, 0) is 0 Å². The van der Waals surface area contributed by atoms with Crippen molar-refractivity contribution in [1.82, 2.24) is 25.0 Å². The molecule has 0 saturated carbocycles. The highest BCUT2D eigenvalue weighted by Crippen LogP contribution is 2.34. The molecule has 4 aromatic rings. The second kappa shape index (κ2) is 11.0. The van der Waals surface area contributed by atoms with E-state index in [0.29, 0.717) is 56.9 Å². The molecule has 2 N–H and O–H groups in total. The zero-order chi connectivity index (χ0) is 28.3. The molecule has 200 valence electrons. The Kier molecular flexibility index (Phi) is 7.73. The largest absolute Gasteiger partial charge is 0.383 e. The fourth-order valence-electron chi connectivity index (χ4n) is 4.13. The van der Waals surface area contributed by atoms with E-state index in [1.807, 2.05) is 6.07 Å². The van der Waals surface area contributed by atoms with Gasteiger partial charge in [0, 0.05) is 35.1 Å². The van der Waals surface area contributed by atoms with E-state index >= 15 is 0 Å². The van der Waals surface area contributed by atoms with Gasteiger partial charge in [-0.15, -0.1) is 5.10 Å². The molecule has 0 aliphatic rings. The molecular formula is C28H29F2N9. The van der Waals surface area contributed by atoms with E-state index in [2.05, 4.69) is 63.8 Å². The lowest BCUT2D eigenvalue weighted by Crippen LogP contribution is -2.20. The maximum absolute atomic E-state index is 13.9. The van der Waals surface area contributed by atoms with Crippen molar-refractivity contribution in [3.63, 3.8) is 0 Å². The van der Waals surface area contributed by atoms with Gasteiger partial charge in [-0.2, -0.15) is 14.9 Å². The van der Waals surface area contributed by atoms with Crippen LogP contribution in [0.15, 0.2) is 36.7 Å². The molecule has 3 aromatic heterocycles. The number of pyridine rings is 2. The molecule has 39 heavy (non-hydrogen) atoms. The lowest BCUT2D eigenvalue weighted by atomic mass is 9.96. The molecule has 0 amide bonds. The second-order valence-electron chi connectivity index (χ2n) is 10.6. The summed E-state index contributed by atoms with van der Waals surface area (Å²) in [7, 11) is 0. The van der Waals surface area contributed by atoms with Crippen LogP contribution in [0.2, 0.25) is 0 Å². The van der Waals surface area contributed by atoms with Crippen LogP contribution in [0.1, 0.15) is 67.9 Å². The van der Waals surface area contributed by atoms with E-state index < -0.39 is 24.7 Å². The molecule has 11 heteroatoms. The highest BCUT2D eigenvalue weighted by molar-refractivity contribution is 5.99. The monoisotopic (exact) mass is 529 g/mol. The Morgan fingerprint density at radius 1 is 1.13 bits per heavy atom. The van der Waals surface area contributed by atoms with Crippen molar-refractivity contribution in [2.75, 3.05) is 23.9 Å². The van der Waals surface area contributed by atoms with E-state index in [-0.39, 0.29) is 5.41 Å². The molecule has 0 saturated heterocycles. The molecule has 1 unspecified atom stereocenters. The highest BCUT2D eigenvalue weighted by Gasteiger charge is 2.23. The molecule has 0 fully saturated rings. The average molecular weight is 530 g/mol. The van der Waals surface area contributed by atoms with Crippen LogP contribution in [0.5, 0.6) is 0 Å². The molecule has 0 bridgehead atoms. The standard InChI is InChI=1S/C28H29F2N9/c1-16(10-29)39-14-23(37-38-39)27(21-6-7-24(30)35-17(21)2)36-20-8-18(11-31)25-22(9-20)26(19(12-32)13-33-25)34-15-28(3,4)5/h6-9,13-14,16,27,36H,10,15H2,1-5H3,(H,33,34)/t16?,27-/m0/s1. The molecular weight excluding hydrogens is 500 g/mol. The molecule has 9 nitrogen and oxygen atoms in total. The summed E-state index contributed by atoms with van der Waals surface area (Å²) in [6.45, 7) is 9.55. The number of alkyl halides is 1. The minimum atomic E-state index is -0.652. The Bertz CT molecular complexity index is 1590. The normalized spacial score (nSPS) is 12.9. The Balaban J connectivity index is 1.87. The third-order valence-corrected chi connectivity index (χ3v) is 6.22. The van der Waals surface area contributed by atoms with Gasteiger partial charge < -0.3 is 10.6 Å². The maximum Gasteiger partial charge on any atom is 0.213 e. The Morgan fingerprint density at radius 2 is 1.87 bits per heavy atom. The van der Waals surface area contributed by atoms with Gasteiger partial charge in [-0.25, -0.2) is 14.1 Å². The summed E-state index contributed by atoms with van der Waals surface area (Å²) in [5.41, 5.74) is 3.68. The van der Waals surface area contributed by atoms with Crippen molar-refractivity contribution in [3.05, 3.63) is 70.7 Å². The molecule has 1 aromatic carbocycles. The first-order valence-corrected chi connectivity index (χ1v) is 12.4. The second-order valence-corrected chi connectivity index (χ2v) is 10.6. The number of aryl methyl sites for hydroxylation is 1. The maximum atomic E-state index is 13.9. The summed E-state index contributed by atoms with van der Waals surface area (Å²) < 4.78 is 28.6. The number of halogens is 2. The van der Waals surface area contributed by atoms with Gasteiger partial charge in [0.05, 0.1) is 40.6 Å². The lowest BCUT2D eigenvalue weighted by molar-refractivity contribution is 0.351. The predicted molar refractivity (Wildman–Crippen MR) is 144 cm³/mol. The average Bonchev–Trinajstić information content (AvgIpc) is 3.39. The molecule has 0 radical (unpaired) electrons. The van der Waals surface area contributed by atoms with E-state index in [4.69, 9.17) is 0 Å². The molecule has 0 aliphatic carbocycles. The number of anilines is 2. The molecule has 0 aliphatic heterocycles. The van der Waals surface area contributed by atoms with Crippen LogP contribution in [0.3, 0.4) is 0 Å². The highest BCUT2D eigenvalue weighted by atomic mass is 19.1.